The second-order valence-corrected chi connectivity index (χ2v) is 9.02. The van der Waals surface area contributed by atoms with E-state index in [2.05, 4.69) is 5.32 Å². The van der Waals surface area contributed by atoms with Crippen LogP contribution in [0.1, 0.15) is 49.5 Å². The number of rotatable bonds is 6. The average molecular weight is 466 g/mol. The van der Waals surface area contributed by atoms with Gasteiger partial charge in [-0.05, 0) is 44.2 Å². The highest BCUT2D eigenvalue weighted by molar-refractivity contribution is 7.10. The number of hydrogen-bond acceptors (Lipinski definition) is 7. The molecule has 172 valence electrons. The van der Waals surface area contributed by atoms with Crippen molar-refractivity contribution in [1.82, 2.24) is 5.32 Å². The van der Waals surface area contributed by atoms with Crippen molar-refractivity contribution in [2.24, 2.45) is 5.92 Å². The molecule has 0 fully saturated rings. The van der Waals surface area contributed by atoms with Gasteiger partial charge in [0.2, 0.25) is 0 Å². The van der Waals surface area contributed by atoms with Gasteiger partial charge in [0, 0.05) is 27.8 Å². The SMILES string of the molecule is CCOC(=O)C1=C(C)NC2=C(C(=O)[C@H](C(=O)OCC)[C@@H](c3ccccc3)C2)[C@@H]1c1cccs1. The van der Waals surface area contributed by atoms with E-state index in [-0.39, 0.29) is 24.9 Å². The van der Waals surface area contributed by atoms with Crippen LogP contribution in [0.3, 0.4) is 0 Å². The lowest BCUT2D eigenvalue weighted by molar-refractivity contribution is -0.152. The number of ether oxygens (including phenoxy) is 2. The Bertz CT molecular complexity index is 1120. The first kappa shape index (κ1) is 23.0. The van der Waals surface area contributed by atoms with E-state index in [4.69, 9.17) is 9.47 Å². The first-order chi connectivity index (χ1) is 16.0. The highest BCUT2D eigenvalue weighted by Crippen LogP contribution is 2.48. The summed E-state index contributed by atoms with van der Waals surface area (Å²) in [6.45, 7) is 5.73. The van der Waals surface area contributed by atoms with Crippen molar-refractivity contribution in [2.75, 3.05) is 13.2 Å². The molecule has 0 saturated carbocycles. The van der Waals surface area contributed by atoms with Gasteiger partial charge in [-0.2, -0.15) is 0 Å². The van der Waals surface area contributed by atoms with Gasteiger partial charge in [0.15, 0.2) is 5.78 Å². The van der Waals surface area contributed by atoms with Crippen molar-refractivity contribution in [1.29, 1.82) is 0 Å². The van der Waals surface area contributed by atoms with E-state index in [0.29, 0.717) is 23.3 Å². The van der Waals surface area contributed by atoms with Gasteiger partial charge in [0.1, 0.15) is 5.92 Å². The zero-order valence-corrected chi connectivity index (χ0v) is 19.7. The molecule has 0 unspecified atom stereocenters. The second-order valence-electron chi connectivity index (χ2n) is 8.04. The molecule has 7 heteroatoms. The maximum atomic E-state index is 14.0. The summed E-state index contributed by atoms with van der Waals surface area (Å²) in [5.74, 6) is -3.21. The lowest BCUT2D eigenvalue weighted by Gasteiger charge is -2.39. The molecule has 1 aliphatic carbocycles. The van der Waals surface area contributed by atoms with Crippen molar-refractivity contribution in [2.45, 2.75) is 39.0 Å². The molecule has 2 heterocycles. The largest absolute Gasteiger partial charge is 0.465 e. The Hall–Kier alpha value is -3.19. The van der Waals surface area contributed by atoms with E-state index in [0.717, 1.165) is 16.1 Å². The number of ketones is 1. The zero-order chi connectivity index (χ0) is 23.5. The van der Waals surface area contributed by atoms with Crippen LogP contribution in [0.4, 0.5) is 0 Å². The molecule has 1 aromatic carbocycles. The van der Waals surface area contributed by atoms with Gasteiger partial charge in [-0.15, -0.1) is 11.3 Å². The number of nitrogens with one attached hydrogen (secondary N) is 1. The van der Waals surface area contributed by atoms with Crippen molar-refractivity contribution in [3.05, 3.63) is 80.8 Å². The maximum Gasteiger partial charge on any atom is 0.336 e. The number of esters is 2. The molecular formula is C26H27NO5S. The Labute approximate surface area is 197 Å². The summed E-state index contributed by atoms with van der Waals surface area (Å²) in [7, 11) is 0. The molecule has 0 spiro atoms. The summed E-state index contributed by atoms with van der Waals surface area (Å²) < 4.78 is 10.7. The molecule has 1 aromatic heterocycles. The van der Waals surface area contributed by atoms with Gasteiger partial charge in [0.05, 0.1) is 24.7 Å². The summed E-state index contributed by atoms with van der Waals surface area (Å²) in [6.07, 6.45) is 0.462. The molecule has 33 heavy (non-hydrogen) atoms. The lowest BCUT2D eigenvalue weighted by atomic mass is 9.68. The molecule has 6 nitrogen and oxygen atoms in total. The van der Waals surface area contributed by atoms with Crippen LogP contribution in [0.2, 0.25) is 0 Å². The number of allylic oxidation sites excluding steroid dienone is 3. The minimum absolute atomic E-state index is 0.190. The third-order valence-corrected chi connectivity index (χ3v) is 7.05. The molecule has 1 N–H and O–H groups in total. The van der Waals surface area contributed by atoms with E-state index >= 15 is 0 Å². The van der Waals surface area contributed by atoms with E-state index < -0.39 is 23.8 Å². The fourth-order valence-electron chi connectivity index (χ4n) is 4.77. The minimum atomic E-state index is -0.975. The predicted octanol–water partition coefficient (Wildman–Crippen LogP) is 4.46. The maximum absolute atomic E-state index is 14.0. The van der Waals surface area contributed by atoms with Crippen molar-refractivity contribution >= 4 is 29.1 Å². The standard InChI is InChI=1S/C26H27NO5S/c1-4-31-25(29)20-15(3)27-18-14-17(16-10-7-6-8-11-16)21(26(30)32-5-2)24(28)22(18)23(20)19-12-9-13-33-19/h6-13,17,21,23,27H,4-5,14H2,1-3H3/t17-,21-,23-/m1/s1. The summed E-state index contributed by atoms with van der Waals surface area (Å²) in [5, 5.41) is 5.23. The molecule has 0 amide bonds. The molecule has 0 saturated heterocycles. The molecule has 1 aliphatic heterocycles. The van der Waals surface area contributed by atoms with Crippen LogP contribution in [0, 0.1) is 5.92 Å². The van der Waals surface area contributed by atoms with Crippen LogP contribution < -0.4 is 5.32 Å². The average Bonchev–Trinajstić information content (AvgIpc) is 3.33. The van der Waals surface area contributed by atoms with Gasteiger partial charge in [-0.1, -0.05) is 36.4 Å². The first-order valence-electron chi connectivity index (χ1n) is 11.1. The van der Waals surface area contributed by atoms with Gasteiger partial charge in [-0.3, -0.25) is 9.59 Å². The molecule has 0 bridgehead atoms. The Kier molecular flexibility index (Phi) is 6.79. The number of dihydropyridines is 1. The topological polar surface area (TPSA) is 81.7 Å². The second kappa shape index (κ2) is 9.75. The Morgan fingerprint density at radius 1 is 1.06 bits per heavy atom. The van der Waals surface area contributed by atoms with Crippen LogP contribution in [0.25, 0.3) is 0 Å². The molecule has 3 atom stereocenters. The van der Waals surface area contributed by atoms with Crippen LogP contribution in [0.15, 0.2) is 70.4 Å². The van der Waals surface area contributed by atoms with E-state index in [1.54, 1.807) is 13.8 Å². The summed E-state index contributed by atoms with van der Waals surface area (Å²) >= 11 is 1.47. The molecular weight excluding hydrogens is 438 g/mol. The minimum Gasteiger partial charge on any atom is -0.465 e. The first-order valence-corrected chi connectivity index (χ1v) is 12.0. The van der Waals surface area contributed by atoms with Crippen LogP contribution in [0.5, 0.6) is 0 Å². The number of benzene rings is 1. The van der Waals surface area contributed by atoms with Gasteiger partial charge in [-0.25, -0.2) is 4.79 Å². The number of carbonyl (C=O) groups is 3. The lowest BCUT2D eigenvalue weighted by Crippen LogP contribution is -2.43. The zero-order valence-electron chi connectivity index (χ0n) is 18.9. The number of Topliss-reactive ketones (excluding diaryl/α,β-unsaturated/α-hetero) is 1. The van der Waals surface area contributed by atoms with Crippen molar-refractivity contribution < 1.29 is 23.9 Å². The summed E-state index contributed by atoms with van der Waals surface area (Å²) in [6, 6.07) is 13.4. The summed E-state index contributed by atoms with van der Waals surface area (Å²) in [4.78, 5) is 40.9. The molecule has 0 radical (unpaired) electrons. The third kappa shape index (κ3) is 4.25. The normalized spacial score (nSPS) is 22.5. The predicted molar refractivity (Wildman–Crippen MR) is 125 cm³/mol. The van der Waals surface area contributed by atoms with Gasteiger partial charge in [0.25, 0.3) is 0 Å². The summed E-state index contributed by atoms with van der Waals surface area (Å²) in [5.41, 5.74) is 3.18. The third-order valence-electron chi connectivity index (χ3n) is 6.11. The fraction of sp³-hybridized carbons (Fsp3) is 0.346. The van der Waals surface area contributed by atoms with Crippen LogP contribution in [-0.2, 0) is 23.9 Å². The smallest absolute Gasteiger partial charge is 0.336 e. The monoisotopic (exact) mass is 465 g/mol. The van der Waals surface area contributed by atoms with Crippen molar-refractivity contribution in [3.63, 3.8) is 0 Å². The Balaban J connectivity index is 1.86. The van der Waals surface area contributed by atoms with E-state index in [1.165, 1.54) is 11.3 Å². The van der Waals surface area contributed by atoms with Crippen molar-refractivity contribution in [3.8, 4) is 0 Å². The van der Waals surface area contributed by atoms with Crippen LogP contribution >= 0.6 is 11.3 Å². The molecule has 2 aliphatic rings. The Morgan fingerprint density at radius 2 is 1.79 bits per heavy atom. The number of hydrogen-bond donors (Lipinski definition) is 1. The van der Waals surface area contributed by atoms with Crippen LogP contribution in [-0.4, -0.2) is 30.9 Å². The quantitative estimate of drug-likeness (QED) is 0.501. The Morgan fingerprint density at radius 3 is 2.42 bits per heavy atom. The fourth-order valence-corrected chi connectivity index (χ4v) is 5.61. The highest BCUT2D eigenvalue weighted by atomic mass is 32.1. The van der Waals surface area contributed by atoms with Gasteiger partial charge >= 0.3 is 11.9 Å². The number of thiophene rings is 1. The molecule has 2 aromatic rings. The highest BCUT2D eigenvalue weighted by Gasteiger charge is 2.49. The molecule has 4 rings (SSSR count). The van der Waals surface area contributed by atoms with E-state index in [9.17, 15) is 14.4 Å². The van der Waals surface area contributed by atoms with E-state index in [1.807, 2.05) is 54.8 Å². The van der Waals surface area contributed by atoms with Gasteiger partial charge < -0.3 is 14.8 Å². The number of carbonyl (C=O) groups excluding carboxylic acids is 3.